The van der Waals surface area contributed by atoms with Gasteiger partial charge < -0.3 is 10.1 Å². The van der Waals surface area contributed by atoms with Crippen LogP contribution in [0.15, 0.2) is 66.9 Å². The number of carbonyl (C=O) groups is 2. The second-order valence-corrected chi connectivity index (χ2v) is 8.89. The Hall–Kier alpha value is -5.05. The summed E-state index contributed by atoms with van der Waals surface area (Å²) in [6.07, 6.45) is -3.72. The van der Waals surface area contributed by atoms with Crippen molar-refractivity contribution < 1.29 is 31.9 Å². The topological polar surface area (TPSA) is 110 Å². The summed E-state index contributed by atoms with van der Waals surface area (Å²) in [4.78, 5) is 29.8. The number of pyridine rings is 1. The lowest BCUT2D eigenvalue weighted by Gasteiger charge is -2.16. The van der Waals surface area contributed by atoms with E-state index in [4.69, 9.17) is 4.74 Å². The number of benzene rings is 2. The zero-order valence-corrected chi connectivity index (χ0v) is 21.9. The van der Waals surface area contributed by atoms with Crippen molar-refractivity contribution in [1.82, 2.24) is 14.8 Å². The van der Waals surface area contributed by atoms with Gasteiger partial charge in [0.25, 0.3) is 5.91 Å². The molecule has 0 aliphatic heterocycles. The van der Waals surface area contributed by atoms with Crippen LogP contribution in [0.4, 0.5) is 23.2 Å². The van der Waals surface area contributed by atoms with E-state index >= 15 is 0 Å². The highest BCUT2D eigenvalue weighted by Crippen LogP contribution is 2.38. The highest BCUT2D eigenvalue weighted by molar-refractivity contribution is 6.07. The first-order chi connectivity index (χ1) is 19.5. The Bertz CT molecular complexity index is 1630. The van der Waals surface area contributed by atoms with Crippen LogP contribution >= 0.6 is 0 Å². The lowest BCUT2D eigenvalue weighted by molar-refractivity contribution is -0.143. The maximum Gasteiger partial charge on any atom is 0.417 e. The predicted octanol–water partition coefficient (Wildman–Crippen LogP) is 6.12. The van der Waals surface area contributed by atoms with Crippen molar-refractivity contribution in [3.05, 3.63) is 89.5 Å². The van der Waals surface area contributed by atoms with E-state index in [0.29, 0.717) is 5.56 Å². The summed E-state index contributed by atoms with van der Waals surface area (Å²) in [5.74, 6) is -3.93. The van der Waals surface area contributed by atoms with Crippen molar-refractivity contribution in [3.63, 3.8) is 0 Å². The molecule has 0 radical (unpaired) electrons. The van der Waals surface area contributed by atoms with Crippen molar-refractivity contribution in [1.29, 1.82) is 5.26 Å². The molecule has 0 aliphatic carbocycles. The van der Waals surface area contributed by atoms with Crippen LogP contribution in [0.5, 0.6) is 0 Å². The molecular weight excluding hydrogens is 542 g/mol. The Morgan fingerprint density at radius 2 is 1.85 bits per heavy atom. The number of carbonyl (C=O) groups excluding carboxylic acids is 2. The Balaban J connectivity index is 1.75. The van der Waals surface area contributed by atoms with Gasteiger partial charge in [0.05, 0.1) is 58.9 Å². The molecular formula is C29H23F4N5O3. The molecule has 2 aromatic heterocycles. The fourth-order valence-electron chi connectivity index (χ4n) is 4.13. The number of halogens is 4. The Labute approximate surface area is 232 Å². The van der Waals surface area contributed by atoms with Gasteiger partial charge in [-0.1, -0.05) is 30.3 Å². The molecule has 0 bridgehead atoms. The van der Waals surface area contributed by atoms with Gasteiger partial charge in [-0.2, -0.15) is 23.5 Å². The van der Waals surface area contributed by atoms with E-state index in [-0.39, 0.29) is 41.9 Å². The first kappa shape index (κ1) is 28.9. The van der Waals surface area contributed by atoms with Crippen LogP contribution in [0.1, 0.15) is 40.9 Å². The molecule has 210 valence electrons. The van der Waals surface area contributed by atoms with E-state index in [2.05, 4.69) is 15.4 Å². The van der Waals surface area contributed by atoms with Crippen molar-refractivity contribution in [3.8, 4) is 28.6 Å². The van der Waals surface area contributed by atoms with Crippen molar-refractivity contribution in [2.75, 3.05) is 11.9 Å². The van der Waals surface area contributed by atoms with Gasteiger partial charge in [0, 0.05) is 24.4 Å². The monoisotopic (exact) mass is 565 g/mol. The van der Waals surface area contributed by atoms with Gasteiger partial charge in [0.1, 0.15) is 5.82 Å². The van der Waals surface area contributed by atoms with Crippen LogP contribution in [0.25, 0.3) is 22.5 Å². The molecule has 1 atom stereocenters. The minimum Gasteiger partial charge on any atom is -0.466 e. The summed E-state index contributed by atoms with van der Waals surface area (Å²) < 4.78 is 62.4. The molecule has 2 heterocycles. The number of rotatable bonds is 8. The van der Waals surface area contributed by atoms with Crippen LogP contribution in [-0.4, -0.2) is 33.2 Å². The van der Waals surface area contributed by atoms with E-state index in [9.17, 15) is 32.4 Å². The van der Waals surface area contributed by atoms with Crippen LogP contribution in [0, 0.1) is 17.1 Å². The number of alkyl halides is 3. The number of anilines is 1. The third kappa shape index (κ3) is 6.58. The third-order valence-corrected chi connectivity index (χ3v) is 6.05. The normalized spacial score (nSPS) is 11.9. The maximum atomic E-state index is 15.0. The molecule has 2 aromatic carbocycles. The molecule has 0 aliphatic rings. The van der Waals surface area contributed by atoms with Crippen LogP contribution in [0.3, 0.4) is 0 Å². The lowest BCUT2D eigenvalue weighted by atomic mass is 9.99. The molecule has 41 heavy (non-hydrogen) atoms. The molecule has 0 saturated carbocycles. The molecule has 4 aromatic rings. The van der Waals surface area contributed by atoms with E-state index in [0.717, 1.165) is 6.07 Å². The smallest absolute Gasteiger partial charge is 0.417 e. The summed E-state index contributed by atoms with van der Waals surface area (Å²) in [5.41, 5.74) is -1.39. The molecule has 0 saturated heterocycles. The zero-order valence-electron chi connectivity index (χ0n) is 21.9. The maximum absolute atomic E-state index is 15.0. The highest BCUT2D eigenvalue weighted by atomic mass is 19.4. The summed E-state index contributed by atoms with van der Waals surface area (Å²) in [6, 6.07) is 15.8. The summed E-state index contributed by atoms with van der Waals surface area (Å²) in [6.45, 7) is 1.79. The van der Waals surface area contributed by atoms with Crippen molar-refractivity contribution >= 4 is 17.6 Å². The van der Waals surface area contributed by atoms with Gasteiger partial charge in [0.2, 0.25) is 0 Å². The first-order valence-corrected chi connectivity index (χ1v) is 12.4. The second kappa shape index (κ2) is 12.0. The number of aromatic nitrogens is 3. The fourth-order valence-corrected chi connectivity index (χ4v) is 4.13. The quantitative estimate of drug-likeness (QED) is 0.204. The molecule has 1 N–H and O–H groups in total. The van der Waals surface area contributed by atoms with Gasteiger partial charge in [-0.3, -0.25) is 14.3 Å². The van der Waals surface area contributed by atoms with E-state index < -0.39 is 46.5 Å². The first-order valence-electron chi connectivity index (χ1n) is 12.4. The molecule has 1 unspecified atom stereocenters. The fraction of sp³-hybridized carbons (Fsp3) is 0.207. The highest BCUT2D eigenvalue weighted by Gasteiger charge is 2.36. The van der Waals surface area contributed by atoms with Gasteiger partial charge in [-0.05, 0) is 37.3 Å². The number of nitrogens with one attached hydrogen (secondary N) is 1. The number of amides is 1. The average Bonchev–Trinajstić information content (AvgIpc) is 3.38. The molecule has 12 heteroatoms. The van der Waals surface area contributed by atoms with Crippen LogP contribution in [0.2, 0.25) is 0 Å². The number of ether oxygens (including phenoxy) is 1. The number of aryl methyl sites for hydroxylation is 1. The summed E-state index contributed by atoms with van der Waals surface area (Å²) in [7, 11) is 1.51. The molecule has 8 nitrogen and oxygen atoms in total. The third-order valence-electron chi connectivity index (χ3n) is 6.05. The van der Waals surface area contributed by atoms with Crippen LogP contribution in [-0.2, 0) is 22.8 Å². The number of hydrogen-bond donors (Lipinski definition) is 1. The number of nitriles is 1. The Morgan fingerprint density at radius 3 is 2.46 bits per heavy atom. The minimum absolute atomic E-state index is 0.0889. The van der Waals surface area contributed by atoms with Crippen molar-refractivity contribution in [2.45, 2.75) is 25.4 Å². The standard InChI is InChI=1S/C29H23F4N5O3/c1-3-41-26(39)13-18(16-34)23-9-10-25(27(35-23)17-7-5-4-6-8-17)36-28(40)20-14-19(24-11-12-38(2)37-24)21(15-22(20)30)29(31,32)33/h4-12,14-15,18H,3,13H2,1-2H3,(H,36,40). The van der Waals surface area contributed by atoms with E-state index in [1.54, 1.807) is 37.3 Å². The molecule has 0 spiro atoms. The molecule has 1 amide bonds. The van der Waals surface area contributed by atoms with Gasteiger partial charge in [-0.25, -0.2) is 9.37 Å². The zero-order chi connectivity index (χ0) is 29.7. The SMILES string of the molecule is CCOC(=O)CC(C#N)c1ccc(NC(=O)c2cc(-c3ccn(C)n3)c(C(F)(F)F)cc2F)c(-c2ccccc2)n1. The van der Waals surface area contributed by atoms with Gasteiger partial charge in [-0.15, -0.1) is 0 Å². The van der Waals surface area contributed by atoms with Gasteiger partial charge in [0.15, 0.2) is 0 Å². The summed E-state index contributed by atoms with van der Waals surface area (Å²) >= 11 is 0. The second-order valence-electron chi connectivity index (χ2n) is 8.89. The number of esters is 1. The van der Waals surface area contributed by atoms with Gasteiger partial charge >= 0.3 is 12.1 Å². The predicted molar refractivity (Wildman–Crippen MR) is 141 cm³/mol. The molecule has 4 rings (SSSR count). The lowest BCUT2D eigenvalue weighted by Crippen LogP contribution is -2.18. The largest absolute Gasteiger partial charge is 0.466 e. The van der Waals surface area contributed by atoms with Crippen molar-refractivity contribution in [2.24, 2.45) is 7.05 Å². The molecule has 0 fully saturated rings. The minimum atomic E-state index is -4.90. The Morgan fingerprint density at radius 1 is 1.12 bits per heavy atom. The Kier molecular flexibility index (Phi) is 8.47. The van der Waals surface area contributed by atoms with Crippen LogP contribution < -0.4 is 5.32 Å². The summed E-state index contributed by atoms with van der Waals surface area (Å²) in [5, 5.41) is 16.2. The number of hydrogen-bond acceptors (Lipinski definition) is 6. The van der Waals surface area contributed by atoms with E-state index in [1.165, 1.54) is 36.1 Å². The average molecular weight is 566 g/mol. The van der Waals surface area contributed by atoms with E-state index in [1.807, 2.05) is 6.07 Å². The number of nitrogens with zero attached hydrogens (tertiary/aromatic N) is 4.